The normalized spacial score (nSPS) is 17.7. The summed E-state index contributed by atoms with van der Waals surface area (Å²) in [5.41, 5.74) is 1.56. The number of pyridine rings is 2. The van der Waals surface area contributed by atoms with Gasteiger partial charge in [0.15, 0.2) is 13.1 Å². The van der Waals surface area contributed by atoms with Crippen LogP contribution in [0.5, 0.6) is 11.8 Å². The van der Waals surface area contributed by atoms with E-state index in [-0.39, 0.29) is 37.1 Å². The molecule has 1 atom stereocenters. The number of isocyanates is 1. The molecule has 222 valence electrons. The average molecular weight is 591 g/mol. The summed E-state index contributed by atoms with van der Waals surface area (Å²) < 4.78 is 30.0. The van der Waals surface area contributed by atoms with Gasteiger partial charge in [-0.3, -0.25) is 4.98 Å². The van der Waals surface area contributed by atoms with Crippen molar-refractivity contribution in [1.29, 1.82) is 0 Å². The zero-order chi connectivity index (χ0) is 30.7. The van der Waals surface area contributed by atoms with Crippen LogP contribution in [0.15, 0.2) is 97.2 Å². The maximum atomic E-state index is 16.4. The zero-order valence-electron chi connectivity index (χ0n) is 24.7. The van der Waals surface area contributed by atoms with Gasteiger partial charge in [0, 0.05) is 40.8 Å². The number of rotatable bonds is 8. The summed E-state index contributed by atoms with van der Waals surface area (Å²) in [6.45, 7) is 4.83. The number of hydrogen-bond acceptors (Lipinski definition) is 6. The number of carbonyl (C=O) groups excluding carboxylic acids is 1. The van der Waals surface area contributed by atoms with Gasteiger partial charge >= 0.3 is 6.08 Å². The average Bonchev–Trinajstić information content (AvgIpc) is 3.05. The summed E-state index contributed by atoms with van der Waals surface area (Å²) in [6, 6.07) is 28.2. The number of aliphatic hydroxyl groups is 1. The number of halogens is 1. The molecule has 44 heavy (non-hydrogen) atoms. The molecule has 0 aliphatic carbocycles. The molecule has 0 bridgehead atoms. The molecule has 5 aromatic rings. The van der Waals surface area contributed by atoms with Gasteiger partial charge in [0.25, 0.3) is 0 Å². The fourth-order valence-corrected chi connectivity index (χ4v) is 5.82. The molecule has 8 heteroatoms. The number of ether oxygens (including phenoxy) is 2. The van der Waals surface area contributed by atoms with Gasteiger partial charge in [-0.15, -0.1) is 0 Å². The van der Waals surface area contributed by atoms with E-state index in [0.717, 1.165) is 11.1 Å². The Balaban J connectivity index is 1.38. The second kappa shape index (κ2) is 12.0. The minimum Gasteiger partial charge on any atom is -0.473 e. The number of aromatic nitrogens is 2. The van der Waals surface area contributed by atoms with Crippen molar-refractivity contribution in [3.63, 3.8) is 0 Å². The molecule has 0 amide bonds. The van der Waals surface area contributed by atoms with E-state index in [0.29, 0.717) is 35.0 Å². The molecule has 2 aromatic heterocycles. The molecular formula is C36H33FN3O4+. The second-order valence-corrected chi connectivity index (χ2v) is 11.8. The van der Waals surface area contributed by atoms with Gasteiger partial charge in [0.2, 0.25) is 11.8 Å². The third-order valence-electron chi connectivity index (χ3n) is 8.42. The van der Waals surface area contributed by atoms with Crippen LogP contribution in [0.1, 0.15) is 37.0 Å². The topological polar surface area (TPSA) is 84.6 Å². The van der Waals surface area contributed by atoms with Crippen molar-refractivity contribution in [2.24, 2.45) is 5.41 Å². The van der Waals surface area contributed by atoms with E-state index < -0.39 is 16.8 Å². The number of fused-ring (bicyclic) bond motifs is 1. The van der Waals surface area contributed by atoms with Crippen LogP contribution < -0.4 is 9.47 Å². The van der Waals surface area contributed by atoms with E-state index in [1.165, 1.54) is 4.58 Å². The van der Waals surface area contributed by atoms with Crippen LogP contribution in [0, 0.1) is 11.2 Å². The SMILES string of the molecule is CC1(C)C[N+](=C=O)CCC1(O)c1ccc2ncc(-c3ccc(OCc4ccccc4)nc3OCc3ccccc3)cc2c1F. The Labute approximate surface area is 255 Å². The van der Waals surface area contributed by atoms with E-state index in [1.54, 1.807) is 30.5 Å². The lowest BCUT2D eigenvalue weighted by Crippen LogP contribution is -2.53. The van der Waals surface area contributed by atoms with E-state index in [1.807, 2.05) is 86.7 Å². The molecule has 0 radical (unpaired) electrons. The zero-order valence-corrected chi connectivity index (χ0v) is 24.7. The Morgan fingerprint density at radius 1 is 0.932 bits per heavy atom. The first-order chi connectivity index (χ1) is 21.3. The van der Waals surface area contributed by atoms with Crippen LogP contribution >= 0.6 is 0 Å². The third-order valence-corrected chi connectivity index (χ3v) is 8.42. The molecule has 6 rings (SSSR count). The maximum absolute atomic E-state index is 16.4. The first-order valence-corrected chi connectivity index (χ1v) is 14.6. The molecule has 1 aliphatic rings. The molecule has 3 heterocycles. The van der Waals surface area contributed by atoms with Gasteiger partial charge in [-0.1, -0.05) is 80.6 Å². The molecule has 1 N–H and O–H groups in total. The Bertz CT molecular complexity index is 1860. The Kier molecular flexibility index (Phi) is 7.95. The highest BCUT2D eigenvalue weighted by Crippen LogP contribution is 2.47. The summed E-state index contributed by atoms with van der Waals surface area (Å²) in [5, 5.41) is 12.1. The van der Waals surface area contributed by atoms with Gasteiger partial charge in [-0.2, -0.15) is 14.4 Å². The summed E-state index contributed by atoms with van der Waals surface area (Å²) >= 11 is 0. The standard InChI is InChI=1S/C36H33FN3O4/c1-35(2)23-40(24-41)18-17-36(35,42)30-14-15-31-29(33(30)37)19-27(20-38-31)28-13-16-32(43-21-25-9-5-3-6-10-25)39-34(28)44-22-26-11-7-4-8-12-26/h3-16,19-20,42H,17-18,21-23H2,1-2H3/q+1. The number of nitrogens with zero attached hydrogens (tertiary/aromatic N) is 3. The van der Waals surface area contributed by atoms with E-state index >= 15 is 4.39 Å². The monoisotopic (exact) mass is 590 g/mol. The molecule has 0 saturated carbocycles. The van der Waals surface area contributed by atoms with Crippen LogP contribution in [0.2, 0.25) is 0 Å². The molecule has 1 fully saturated rings. The smallest absolute Gasteiger partial charge is 0.424 e. The van der Waals surface area contributed by atoms with Crippen LogP contribution in [0.4, 0.5) is 4.39 Å². The first-order valence-electron chi connectivity index (χ1n) is 14.6. The van der Waals surface area contributed by atoms with Crippen LogP contribution in [-0.4, -0.2) is 38.8 Å². The predicted molar refractivity (Wildman–Crippen MR) is 164 cm³/mol. The van der Waals surface area contributed by atoms with Gasteiger partial charge in [-0.05, 0) is 29.3 Å². The van der Waals surface area contributed by atoms with Crippen molar-refractivity contribution in [2.45, 2.75) is 39.1 Å². The van der Waals surface area contributed by atoms with Crippen molar-refractivity contribution in [2.75, 3.05) is 13.1 Å². The van der Waals surface area contributed by atoms with Crippen LogP contribution in [-0.2, 0) is 23.6 Å². The molecule has 3 aromatic carbocycles. The summed E-state index contributed by atoms with van der Waals surface area (Å²) in [7, 11) is 0. The summed E-state index contributed by atoms with van der Waals surface area (Å²) in [5.74, 6) is 0.180. The van der Waals surface area contributed by atoms with Crippen molar-refractivity contribution in [3.8, 4) is 22.9 Å². The van der Waals surface area contributed by atoms with Crippen molar-refractivity contribution in [1.82, 2.24) is 9.97 Å². The quantitative estimate of drug-likeness (QED) is 0.163. The molecular weight excluding hydrogens is 557 g/mol. The fourth-order valence-electron chi connectivity index (χ4n) is 5.82. The molecule has 1 saturated heterocycles. The first kappa shape index (κ1) is 29.2. The maximum Gasteiger partial charge on any atom is 0.424 e. The molecule has 1 aliphatic heterocycles. The minimum absolute atomic E-state index is 0.183. The van der Waals surface area contributed by atoms with Gasteiger partial charge in [0.05, 0.1) is 10.9 Å². The molecule has 0 spiro atoms. The van der Waals surface area contributed by atoms with Crippen LogP contribution in [0.25, 0.3) is 22.0 Å². The highest BCUT2D eigenvalue weighted by atomic mass is 19.1. The lowest BCUT2D eigenvalue weighted by molar-refractivity contribution is -0.566. The molecule has 7 nitrogen and oxygen atoms in total. The highest BCUT2D eigenvalue weighted by molar-refractivity contribution is 5.86. The van der Waals surface area contributed by atoms with Crippen molar-refractivity contribution < 1.29 is 28.3 Å². The molecule has 1 unspecified atom stereocenters. The van der Waals surface area contributed by atoms with Crippen molar-refractivity contribution in [3.05, 3.63) is 120 Å². The van der Waals surface area contributed by atoms with Crippen LogP contribution in [0.3, 0.4) is 0 Å². The summed E-state index contributed by atoms with van der Waals surface area (Å²) in [6.07, 6.45) is 3.76. The van der Waals surface area contributed by atoms with Gasteiger partial charge < -0.3 is 14.6 Å². The number of piperidine rings is 1. The highest BCUT2D eigenvalue weighted by Gasteiger charge is 2.53. The third kappa shape index (κ3) is 5.70. The Morgan fingerprint density at radius 3 is 2.27 bits per heavy atom. The fraction of sp³-hybridized carbons (Fsp3) is 0.250. The lowest BCUT2D eigenvalue weighted by Gasteiger charge is -2.43. The lowest BCUT2D eigenvalue weighted by atomic mass is 9.66. The van der Waals surface area contributed by atoms with Gasteiger partial charge in [-0.25, -0.2) is 4.39 Å². The number of hydrogen-bond donors (Lipinski definition) is 1. The second-order valence-electron chi connectivity index (χ2n) is 11.8. The minimum atomic E-state index is -1.49. The van der Waals surface area contributed by atoms with E-state index in [2.05, 4.69) is 9.97 Å². The van der Waals surface area contributed by atoms with Crippen molar-refractivity contribution >= 4 is 17.0 Å². The van der Waals surface area contributed by atoms with Gasteiger partial charge in [0.1, 0.15) is 24.6 Å². The summed E-state index contributed by atoms with van der Waals surface area (Å²) in [4.78, 5) is 20.5. The predicted octanol–water partition coefficient (Wildman–Crippen LogP) is 6.56. The number of benzene rings is 3. The largest absolute Gasteiger partial charge is 0.473 e. The van der Waals surface area contributed by atoms with E-state index in [9.17, 15) is 9.90 Å². The van der Waals surface area contributed by atoms with E-state index in [4.69, 9.17) is 9.47 Å². The Morgan fingerprint density at radius 2 is 1.61 bits per heavy atom. The Hall–Kier alpha value is -4.91.